The number of benzene rings is 4. The molecule has 1 aliphatic carbocycles. The SMILES string of the molecule is Cn1c(-c2ccc(Cl)cc2)c(-c2cccc(N3CCN(c4ccc(NSC5C=C(S(=O)(=O)C(F)(F)F)C(NSc6ccccc6)CC5)cc4)CC3)c2)c(C(=O)O)c1C(F)(F)F. The highest BCUT2D eigenvalue weighted by Crippen LogP contribution is 2.46. The van der Waals surface area contributed by atoms with Gasteiger partial charge in [-0.05, 0) is 109 Å². The first-order valence-electron chi connectivity index (χ1n) is 18.8. The van der Waals surface area contributed by atoms with Crippen molar-refractivity contribution in [3.05, 3.63) is 130 Å². The summed E-state index contributed by atoms with van der Waals surface area (Å²) in [6, 6.07) is 28.3. The first-order chi connectivity index (χ1) is 28.9. The van der Waals surface area contributed by atoms with E-state index in [-0.39, 0.29) is 17.7 Å². The molecule has 3 N–H and O–H groups in total. The molecule has 19 heteroatoms. The zero-order valence-corrected chi connectivity index (χ0v) is 35.4. The van der Waals surface area contributed by atoms with Crippen molar-refractivity contribution in [3.8, 4) is 22.4 Å². The molecular weight excluding hydrogens is 884 g/mol. The number of hydrogen-bond donors (Lipinski definition) is 3. The van der Waals surface area contributed by atoms with E-state index in [1.54, 1.807) is 60.7 Å². The molecule has 322 valence electrons. The van der Waals surface area contributed by atoms with Crippen LogP contribution in [0.15, 0.2) is 119 Å². The summed E-state index contributed by atoms with van der Waals surface area (Å²) in [6.45, 7) is 2.28. The lowest BCUT2D eigenvalue weighted by Crippen LogP contribution is -2.46. The molecule has 0 bridgehead atoms. The molecule has 5 aromatic rings. The van der Waals surface area contributed by atoms with Crippen molar-refractivity contribution in [2.75, 3.05) is 40.7 Å². The minimum Gasteiger partial charge on any atom is -0.478 e. The largest absolute Gasteiger partial charge is 0.501 e. The van der Waals surface area contributed by atoms with Crippen LogP contribution in [-0.2, 0) is 23.1 Å². The molecule has 1 aromatic heterocycles. The van der Waals surface area contributed by atoms with Crippen molar-refractivity contribution in [1.82, 2.24) is 9.29 Å². The number of carboxylic acid groups (broad SMARTS) is 1. The predicted octanol–water partition coefficient (Wildman–Crippen LogP) is 10.8. The van der Waals surface area contributed by atoms with Gasteiger partial charge >= 0.3 is 17.7 Å². The number of anilines is 3. The van der Waals surface area contributed by atoms with Gasteiger partial charge in [0.25, 0.3) is 9.84 Å². The highest BCUT2D eigenvalue weighted by molar-refractivity contribution is 8.01. The van der Waals surface area contributed by atoms with Gasteiger partial charge in [-0.3, -0.25) is 4.72 Å². The van der Waals surface area contributed by atoms with E-state index in [0.717, 1.165) is 39.0 Å². The van der Waals surface area contributed by atoms with Gasteiger partial charge in [0.05, 0.1) is 22.2 Å². The highest BCUT2D eigenvalue weighted by Gasteiger charge is 2.51. The van der Waals surface area contributed by atoms with Crippen molar-refractivity contribution >= 4 is 68.4 Å². The van der Waals surface area contributed by atoms with Crippen LogP contribution >= 0.6 is 35.5 Å². The second-order valence-electron chi connectivity index (χ2n) is 14.3. The summed E-state index contributed by atoms with van der Waals surface area (Å²) in [7, 11) is -4.37. The second kappa shape index (κ2) is 17.9. The molecule has 1 saturated heterocycles. The maximum Gasteiger partial charge on any atom is 0.501 e. The maximum absolute atomic E-state index is 14.4. The second-order valence-corrected chi connectivity index (χ2v) is 18.7. The average Bonchev–Trinajstić information content (AvgIpc) is 3.56. The van der Waals surface area contributed by atoms with Crippen molar-refractivity contribution in [3.63, 3.8) is 0 Å². The monoisotopic (exact) mass is 921 g/mol. The number of aromatic nitrogens is 1. The van der Waals surface area contributed by atoms with Gasteiger partial charge in [-0.15, -0.1) is 0 Å². The number of sulfone groups is 1. The van der Waals surface area contributed by atoms with E-state index in [4.69, 9.17) is 11.6 Å². The summed E-state index contributed by atoms with van der Waals surface area (Å²) in [5.41, 5.74) is -4.53. The lowest BCUT2D eigenvalue weighted by molar-refractivity contribution is -0.143. The quantitative estimate of drug-likeness (QED) is 0.0827. The number of rotatable bonds is 12. The Labute approximate surface area is 362 Å². The smallest absolute Gasteiger partial charge is 0.478 e. The number of nitrogens with zero attached hydrogens (tertiary/aromatic N) is 3. The third kappa shape index (κ3) is 9.68. The lowest BCUT2D eigenvalue weighted by atomic mass is 9.96. The third-order valence-electron chi connectivity index (χ3n) is 10.4. The van der Waals surface area contributed by atoms with Crippen LogP contribution in [0.4, 0.5) is 43.4 Å². The molecule has 4 aromatic carbocycles. The van der Waals surface area contributed by atoms with E-state index in [1.807, 2.05) is 30.3 Å². The van der Waals surface area contributed by atoms with Crippen LogP contribution in [0.5, 0.6) is 0 Å². The van der Waals surface area contributed by atoms with Crippen molar-refractivity contribution in [1.29, 1.82) is 0 Å². The van der Waals surface area contributed by atoms with Crippen molar-refractivity contribution < 1.29 is 44.7 Å². The van der Waals surface area contributed by atoms with E-state index in [1.165, 1.54) is 25.3 Å². The Morgan fingerprint density at radius 3 is 2.05 bits per heavy atom. The zero-order valence-electron chi connectivity index (χ0n) is 32.2. The van der Waals surface area contributed by atoms with Gasteiger partial charge in [-0.2, -0.15) is 26.3 Å². The maximum atomic E-state index is 14.4. The van der Waals surface area contributed by atoms with Crippen LogP contribution in [0.1, 0.15) is 28.9 Å². The Bertz CT molecular complexity index is 2510. The standard InChI is InChI=1S/C42H38ClF6N5O4S3/c1-52-38(26-10-12-28(43)13-11-26)36(37(40(55)56)39(52)41(44,45)46)27-6-5-7-31(24-27)54-22-20-53(21-23-54)30-16-14-29(15-17-30)50-60-33-18-19-34(51-59-32-8-3-2-4-9-32)35(25-33)61(57,58)42(47,48)49/h2-17,24-25,33-34,50-51H,18-23H2,1H3,(H,55,56). The topological polar surface area (TPSA) is 107 Å². The van der Waals surface area contributed by atoms with Crippen LogP contribution in [0.3, 0.4) is 0 Å². The number of hydrogen-bond acceptors (Lipinski definition) is 9. The molecule has 0 spiro atoms. The highest BCUT2D eigenvalue weighted by atomic mass is 35.5. The minimum absolute atomic E-state index is 0.0533. The van der Waals surface area contributed by atoms with Crippen molar-refractivity contribution in [2.45, 2.75) is 40.7 Å². The normalized spacial score (nSPS) is 17.6. The molecule has 1 aliphatic heterocycles. The summed E-state index contributed by atoms with van der Waals surface area (Å²) in [4.78, 5) is 16.8. The fraction of sp³-hybridized carbons (Fsp3) is 0.262. The zero-order chi connectivity index (χ0) is 43.7. The van der Waals surface area contributed by atoms with E-state index in [2.05, 4.69) is 19.2 Å². The van der Waals surface area contributed by atoms with Crippen LogP contribution in [-0.4, -0.2) is 67.0 Å². The molecule has 1 fully saturated rings. The lowest BCUT2D eigenvalue weighted by Gasteiger charge is -2.37. The molecule has 61 heavy (non-hydrogen) atoms. The number of piperazine rings is 1. The number of halogens is 7. The Balaban J connectivity index is 1.02. The van der Waals surface area contributed by atoms with Crippen molar-refractivity contribution in [2.24, 2.45) is 7.05 Å². The molecule has 0 saturated carbocycles. The minimum atomic E-state index is -5.58. The van der Waals surface area contributed by atoms with Crippen LogP contribution in [0, 0.1) is 0 Å². The fourth-order valence-electron chi connectivity index (χ4n) is 7.52. The first kappa shape index (κ1) is 44.3. The van der Waals surface area contributed by atoms with Gasteiger partial charge in [-0.25, -0.2) is 13.2 Å². The first-order valence-corrected chi connectivity index (χ1v) is 22.4. The molecule has 7 rings (SSSR count). The summed E-state index contributed by atoms with van der Waals surface area (Å²) in [5.74, 6) is -1.70. The summed E-state index contributed by atoms with van der Waals surface area (Å²) in [6.07, 6.45) is -3.17. The van der Waals surface area contributed by atoms with Gasteiger partial charge in [0.1, 0.15) is 5.69 Å². The van der Waals surface area contributed by atoms with E-state index in [9.17, 15) is 44.7 Å². The van der Waals surface area contributed by atoms with Gasteiger partial charge < -0.3 is 24.2 Å². The average molecular weight is 922 g/mol. The number of carboxylic acids is 1. The van der Waals surface area contributed by atoms with Gasteiger partial charge in [0.2, 0.25) is 0 Å². The van der Waals surface area contributed by atoms with Gasteiger partial charge in [-0.1, -0.05) is 60.1 Å². The van der Waals surface area contributed by atoms with Gasteiger partial charge in [0, 0.05) is 71.0 Å². The molecule has 0 amide bonds. The summed E-state index contributed by atoms with van der Waals surface area (Å²) < 4.78 is 117. The number of carbonyl (C=O) groups is 1. The molecule has 2 atom stereocenters. The number of alkyl halides is 6. The molecule has 2 heterocycles. The Morgan fingerprint density at radius 2 is 1.44 bits per heavy atom. The molecular formula is C42H38ClF6N5O4S3. The number of nitrogens with one attached hydrogen (secondary N) is 2. The fourth-order valence-corrected chi connectivity index (χ4v) is 10.7. The molecule has 2 aliphatic rings. The predicted molar refractivity (Wildman–Crippen MR) is 231 cm³/mol. The van der Waals surface area contributed by atoms with Gasteiger partial charge in [0.15, 0.2) is 0 Å². The Hall–Kier alpha value is -4.75. The van der Waals surface area contributed by atoms with Crippen LogP contribution in [0.2, 0.25) is 5.02 Å². The molecule has 0 radical (unpaired) electrons. The van der Waals surface area contributed by atoms with E-state index in [0.29, 0.717) is 60.1 Å². The molecule has 2 unspecified atom stereocenters. The number of aromatic carboxylic acids is 1. The van der Waals surface area contributed by atoms with E-state index < -0.39 is 54.9 Å². The van der Waals surface area contributed by atoms with E-state index >= 15 is 0 Å². The van der Waals surface area contributed by atoms with Crippen LogP contribution in [0.25, 0.3) is 22.4 Å². The third-order valence-corrected chi connectivity index (χ3v) is 14.3. The molecule has 9 nitrogen and oxygen atoms in total. The summed E-state index contributed by atoms with van der Waals surface area (Å²) in [5, 5.41) is 9.99. The Kier molecular flexibility index (Phi) is 13.0. The van der Waals surface area contributed by atoms with Crippen LogP contribution < -0.4 is 19.2 Å². The Morgan fingerprint density at radius 1 is 0.803 bits per heavy atom. The summed E-state index contributed by atoms with van der Waals surface area (Å²) >= 11 is 8.28.